The average Bonchev–Trinajstić information content (AvgIpc) is 2.79. The molecule has 0 bridgehead atoms. The van der Waals surface area contributed by atoms with Crippen LogP contribution in [0.25, 0.3) is 10.9 Å². The minimum atomic E-state index is -1.35. The first kappa shape index (κ1) is 25.3. The van der Waals surface area contributed by atoms with Gasteiger partial charge in [0, 0.05) is 22.0 Å². The Bertz CT molecular complexity index is 1370. The van der Waals surface area contributed by atoms with Gasteiger partial charge in [-0.05, 0) is 37.6 Å². The third kappa shape index (κ3) is 5.26. The second-order valence-electron chi connectivity index (χ2n) is 7.51. The van der Waals surface area contributed by atoms with Gasteiger partial charge in [-0.2, -0.15) is 9.78 Å². The largest absolute Gasteiger partial charge is 0.479 e. The first-order valence-electron chi connectivity index (χ1n) is 10.2. The number of halogens is 2. The number of fused-ring (bicyclic) bond motifs is 1. The number of nitro groups is 1. The molecular weight excluding hydrogens is 532 g/mol. The van der Waals surface area contributed by atoms with E-state index in [1.54, 1.807) is 18.2 Å². The Balaban J connectivity index is 2.14. The summed E-state index contributed by atoms with van der Waals surface area (Å²) in [7, 11) is 0. The molecule has 3 aromatic rings. The van der Waals surface area contributed by atoms with E-state index in [1.165, 1.54) is 23.9 Å². The topological polar surface area (TPSA) is 137 Å². The van der Waals surface area contributed by atoms with Crippen LogP contribution in [-0.4, -0.2) is 38.0 Å². The Morgan fingerprint density at radius 3 is 2.71 bits per heavy atom. The van der Waals surface area contributed by atoms with Gasteiger partial charge in [-0.1, -0.05) is 41.4 Å². The maximum Gasteiger partial charge on any atom is 0.344 e. The van der Waals surface area contributed by atoms with Gasteiger partial charge in [0.25, 0.3) is 5.56 Å². The lowest BCUT2D eigenvalue weighted by atomic mass is 10.1. The van der Waals surface area contributed by atoms with Crippen molar-refractivity contribution in [3.8, 4) is 5.75 Å². The Kier molecular flexibility index (Phi) is 7.68. The van der Waals surface area contributed by atoms with Crippen LogP contribution in [0.4, 0.5) is 5.69 Å². The highest BCUT2D eigenvalue weighted by molar-refractivity contribution is 9.10. The summed E-state index contributed by atoms with van der Waals surface area (Å²) in [5.74, 6) is -1.32. The number of aliphatic carboxylic acids is 1. The Morgan fingerprint density at radius 1 is 1.38 bits per heavy atom. The number of ether oxygens (including phenoxy) is 1. The van der Waals surface area contributed by atoms with Crippen LogP contribution in [-0.2, 0) is 4.79 Å². The minimum absolute atomic E-state index is 0.0934. The fourth-order valence-electron chi connectivity index (χ4n) is 3.06. The van der Waals surface area contributed by atoms with Crippen molar-refractivity contribution in [2.45, 2.75) is 39.2 Å². The number of carbonyl (C=O) groups is 1. The van der Waals surface area contributed by atoms with Crippen molar-refractivity contribution in [1.29, 1.82) is 0 Å². The van der Waals surface area contributed by atoms with Crippen LogP contribution in [0.1, 0.15) is 44.5 Å². The van der Waals surface area contributed by atoms with Crippen LogP contribution < -0.4 is 10.3 Å². The minimum Gasteiger partial charge on any atom is -0.479 e. The molecule has 0 saturated heterocycles. The molecule has 0 amide bonds. The summed E-state index contributed by atoms with van der Waals surface area (Å²) >= 11 is 9.52. The summed E-state index contributed by atoms with van der Waals surface area (Å²) < 4.78 is 7.05. The van der Waals surface area contributed by atoms with Gasteiger partial charge in [0.05, 0.1) is 27.1 Å². The molecule has 3 rings (SSSR count). The van der Waals surface area contributed by atoms with E-state index in [0.29, 0.717) is 27.6 Å². The Hall–Kier alpha value is -3.31. The maximum atomic E-state index is 13.2. The van der Waals surface area contributed by atoms with Gasteiger partial charge in [-0.15, -0.1) is 0 Å². The molecule has 0 aliphatic rings. The number of benzene rings is 2. The predicted octanol–water partition coefficient (Wildman–Crippen LogP) is 4.97. The van der Waals surface area contributed by atoms with Gasteiger partial charge >= 0.3 is 11.7 Å². The van der Waals surface area contributed by atoms with Gasteiger partial charge in [0.1, 0.15) is 5.82 Å². The van der Waals surface area contributed by atoms with Gasteiger partial charge in [0.15, 0.2) is 6.10 Å². The van der Waals surface area contributed by atoms with E-state index < -0.39 is 28.2 Å². The van der Waals surface area contributed by atoms with Crippen molar-refractivity contribution in [1.82, 2.24) is 9.66 Å². The van der Waals surface area contributed by atoms with Crippen LogP contribution >= 0.6 is 27.5 Å². The van der Waals surface area contributed by atoms with Crippen LogP contribution in [0.5, 0.6) is 5.75 Å². The van der Waals surface area contributed by atoms with Crippen molar-refractivity contribution in [2.75, 3.05) is 0 Å². The second kappa shape index (κ2) is 10.3. The predicted molar refractivity (Wildman–Crippen MR) is 131 cm³/mol. The molecule has 12 heteroatoms. The highest BCUT2D eigenvalue weighted by Crippen LogP contribution is 2.36. The normalized spacial score (nSPS) is 13.2. The summed E-state index contributed by atoms with van der Waals surface area (Å²) in [6, 6.07) is 7.65. The van der Waals surface area contributed by atoms with Crippen LogP contribution in [0, 0.1) is 10.1 Å². The molecule has 1 aromatic heterocycles. The van der Waals surface area contributed by atoms with E-state index in [-0.39, 0.29) is 22.3 Å². The molecule has 0 saturated carbocycles. The highest BCUT2D eigenvalue weighted by atomic mass is 79.9. The SMILES string of the molecule is CC[C@H](C)c1nc2ccc(Br)cc2c(=O)n1N=Cc1cc(Cl)c(O[C@@H](C)C(=O)O)c([N+](=O)[O-])c1. The number of hydrogen-bond acceptors (Lipinski definition) is 7. The molecule has 10 nitrogen and oxygen atoms in total. The maximum absolute atomic E-state index is 13.2. The van der Waals surface area contributed by atoms with E-state index in [1.807, 2.05) is 13.8 Å². The van der Waals surface area contributed by atoms with Gasteiger partial charge < -0.3 is 9.84 Å². The molecule has 2 atom stereocenters. The zero-order chi connectivity index (χ0) is 25.2. The fourth-order valence-corrected chi connectivity index (χ4v) is 3.69. The average molecular weight is 552 g/mol. The molecule has 0 spiro atoms. The first-order valence-corrected chi connectivity index (χ1v) is 11.3. The number of carboxylic acids is 1. The molecular formula is C22H20BrClN4O6. The molecule has 0 aliphatic carbocycles. The number of hydrogen-bond donors (Lipinski definition) is 1. The quantitative estimate of drug-likeness (QED) is 0.237. The Morgan fingerprint density at radius 2 is 2.09 bits per heavy atom. The number of carboxylic acid groups (broad SMARTS) is 1. The van der Waals surface area contributed by atoms with E-state index in [2.05, 4.69) is 26.0 Å². The molecule has 0 fully saturated rings. The lowest BCUT2D eigenvalue weighted by Crippen LogP contribution is -2.24. The molecule has 1 heterocycles. The van der Waals surface area contributed by atoms with E-state index in [9.17, 15) is 19.7 Å². The van der Waals surface area contributed by atoms with Crippen LogP contribution in [0.2, 0.25) is 5.02 Å². The lowest BCUT2D eigenvalue weighted by molar-refractivity contribution is -0.386. The summed E-state index contributed by atoms with van der Waals surface area (Å²) in [5, 5.41) is 25.1. The Labute approximate surface area is 207 Å². The van der Waals surface area contributed by atoms with Gasteiger partial charge in [-0.25, -0.2) is 9.78 Å². The summed E-state index contributed by atoms with van der Waals surface area (Å²) in [5.41, 5.74) is -0.183. The van der Waals surface area contributed by atoms with E-state index >= 15 is 0 Å². The summed E-state index contributed by atoms with van der Waals surface area (Å²) in [6.07, 6.45) is 0.604. The van der Waals surface area contributed by atoms with Gasteiger partial charge in [0.2, 0.25) is 5.75 Å². The molecule has 0 radical (unpaired) electrons. The van der Waals surface area contributed by atoms with E-state index in [4.69, 9.17) is 21.4 Å². The molecule has 1 N–H and O–H groups in total. The third-order valence-electron chi connectivity index (χ3n) is 5.09. The zero-order valence-corrected chi connectivity index (χ0v) is 20.7. The molecule has 178 valence electrons. The standard InChI is InChI=1S/C22H20BrClN4O6/c1-4-11(2)20-26-17-6-5-14(23)9-15(17)21(29)27(20)25-10-13-7-16(24)19(18(8-13)28(32)33)34-12(3)22(30)31/h5-12H,4H2,1-3H3,(H,30,31)/t11-,12-/m0/s1. The molecule has 34 heavy (non-hydrogen) atoms. The first-order chi connectivity index (χ1) is 16.0. The van der Waals surface area contributed by atoms with Crippen LogP contribution in [0.15, 0.2) is 44.7 Å². The smallest absolute Gasteiger partial charge is 0.344 e. The van der Waals surface area contributed by atoms with E-state index in [0.717, 1.165) is 6.07 Å². The summed E-state index contributed by atoms with van der Waals surface area (Å²) in [4.78, 5) is 39.7. The second-order valence-corrected chi connectivity index (χ2v) is 8.83. The van der Waals surface area contributed by atoms with Crippen molar-refractivity contribution >= 4 is 56.3 Å². The molecule has 0 aliphatic heterocycles. The lowest BCUT2D eigenvalue weighted by Gasteiger charge is -2.14. The highest BCUT2D eigenvalue weighted by Gasteiger charge is 2.25. The third-order valence-corrected chi connectivity index (χ3v) is 5.87. The molecule has 0 unspecified atom stereocenters. The number of aromatic nitrogens is 2. The van der Waals surface area contributed by atoms with Crippen molar-refractivity contribution in [3.63, 3.8) is 0 Å². The monoisotopic (exact) mass is 550 g/mol. The number of nitro benzene ring substituents is 1. The molecule has 2 aromatic carbocycles. The number of rotatable bonds is 8. The van der Waals surface area contributed by atoms with Crippen molar-refractivity contribution < 1.29 is 19.6 Å². The van der Waals surface area contributed by atoms with Crippen molar-refractivity contribution in [3.05, 3.63) is 71.7 Å². The number of nitrogens with zero attached hydrogens (tertiary/aromatic N) is 4. The van der Waals surface area contributed by atoms with Crippen molar-refractivity contribution in [2.24, 2.45) is 5.10 Å². The van der Waals surface area contributed by atoms with Crippen LogP contribution in [0.3, 0.4) is 0 Å². The van der Waals surface area contributed by atoms with Gasteiger partial charge in [-0.3, -0.25) is 14.9 Å². The fraction of sp³-hybridized carbons (Fsp3) is 0.273. The summed E-state index contributed by atoms with van der Waals surface area (Å²) in [6.45, 7) is 5.10. The zero-order valence-electron chi connectivity index (χ0n) is 18.4.